The Morgan fingerprint density at radius 1 is 1.00 bits per heavy atom. The van der Waals surface area contributed by atoms with Crippen LogP contribution in [0, 0.1) is 24.7 Å². The number of likely N-dealkylation sites (tertiary alicyclic amines) is 1. The maximum atomic E-state index is 11.7. The zero-order valence-electron chi connectivity index (χ0n) is 21.2. The average Bonchev–Trinajstić information content (AvgIpc) is 3.21. The van der Waals surface area contributed by atoms with Gasteiger partial charge in [-0.2, -0.15) is 5.10 Å². The highest BCUT2D eigenvalue weighted by molar-refractivity contribution is 5.78. The number of nitrogens with zero attached hydrogens (tertiary/aromatic N) is 4. The third kappa shape index (κ3) is 8.47. The number of piperidine rings is 1. The fourth-order valence-electron chi connectivity index (χ4n) is 3.57. The van der Waals surface area contributed by atoms with Crippen molar-refractivity contribution >= 4 is 5.91 Å². The fourth-order valence-corrected chi connectivity index (χ4v) is 3.57. The number of amides is 1. The minimum Gasteiger partial charge on any atom is -0.342 e. The number of carbonyl (C=O) groups excluding carboxylic acids is 1. The SMILES string of the molecule is CC.CC(C)C(=O)N1CCC(C(C)C)CC1.Cc1ccn(-c2ccc(C(C)C)cn2)n1. The van der Waals surface area contributed by atoms with Gasteiger partial charge in [-0.1, -0.05) is 61.5 Å². The summed E-state index contributed by atoms with van der Waals surface area (Å²) in [5, 5.41) is 4.31. The van der Waals surface area contributed by atoms with Crippen molar-refractivity contribution in [2.75, 3.05) is 13.1 Å². The number of hydrogen-bond donors (Lipinski definition) is 0. The van der Waals surface area contributed by atoms with E-state index in [1.54, 1.807) is 4.68 Å². The van der Waals surface area contributed by atoms with Crippen molar-refractivity contribution < 1.29 is 4.79 Å². The summed E-state index contributed by atoms with van der Waals surface area (Å²) in [5.74, 6) is 3.47. The Morgan fingerprint density at radius 3 is 2.00 bits per heavy atom. The van der Waals surface area contributed by atoms with Crippen LogP contribution in [0.5, 0.6) is 0 Å². The van der Waals surface area contributed by atoms with E-state index in [-0.39, 0.29) is 5.92 Å². The van der Waals surface area contributed by atoms with E-state index in [1.165, 1.54) is 18.4 Å². The van der Waals surface area contributed by atoms with Gasteiger partial charge >= 0.3 is 0 Å². The molecule has 0 spiro atoms. The normalized spacial score (nSPS) is 14.3. The highest BCUT2D eigenvalue weighted by Gasteiger charge is 2.25. The summed E-state index contributed by atoms with van der Waals surface area (Å²) in [6.45, 7) is 20.8. The standard InChI is InChI=1S/C12H15N3.C12H23NO.C2H6/c1-9(2)11-4-5-12(13-8-11)15-7-6-10(3)14-15;1-9(2)11-5-7-13(8-6-11)12(14)10(3)4;1-2/h4-9H,1-3H3;9-11H,5-8H2,1-4H3;1-2H3. The second kappa shape index (κ2) is 13.3. The second-order valence-corrected chi connectivity index (χ2v) is 9.07. The zero-order valence-corrected chi connectivity index (χ0v) is 21.2. The fraction of sp³-hybridized carbons (Fsp3) is 0.654. The summed E-state index contributed by atoms with van der Waals surface area (Å²) >= 11 is 0. The first-order valence-electron chi connectivity index (χ1n) is 12.0. The van der Waals surface area contributed by atoms with Gasteiger partial charge in [-0.05, 0) is 55.2 Å². The van der Waals surface area contributed by atoms with Gasteiger partial charge in [0.2, 0.25) is 5.91 Å². The molecule has 3 heterocycles. The van der Waals surface area contributed by atoms with Crippen LogP contribution in [0.25, 0.3) is 5.82 Å². The summed E-state index contributed by atoms with van der Waals surface area (Å²) in [6.07, 6.45) is 6.22. The Hall–Kier alpha value is -2.17. The highest BCUT2D eigenvalue weighted by atomic mass is 16.2. The molecule has 5 heteroatoms. The zero-order chi connectivity index (χ0) is 23.6. The van der Waals surface area contributed by atoms with Crippen LogP contribution in [0.4, 0.5) is 0 Å². The predicted molar refractivity (Wildman–Crippen MR) is 131 cm³/mol. The van der Waals surface area contributed by atoms with Crippen LogP contribution in [0.3, 0.4) is 0 Å². The van der Waals surface area contributed by atoms with E-state index in [0.717, 1.165) is 36.4 Å². The van der Waals surface area contributed by atoms with E-state index in [4.69, 9.17) is 0 Å². The van der Waals surface area contributed by atoms with Gasteiger partial charge in [0.15, 0.2) is 5.82 Å². The lowest BCUT2D eigenvalue weighted by Crippen LogP contribution is -2.41. The molecular weight excluding hydrogens is 384 g/mol. The topological polar surface area (TPSA) is 51.0 Å². The number of pyridine rings is 1. The Balaban J connectivity index is 0.000000288. The van der Waals surface area contributed by atoms with Crippen LogP contribution in [0.1, 0.15) is 85.4 Å². The summed E-state index contributed by atoms with van der Waals surface area (Å²) in [7, 11) is 0. The summed E-state index contributed by atoms with van der Waals surface area (Å²) < 4.78 is 1.79. The van der Waals surface area contributed by atoms with Crippen molar-refractivity contribution in [3.8, 4) is 5.82 Å². The molecule has 0 radical (unpaired) electrons. The first-order valence-corrected chi connectivity index (χ1v) is 12.0. The number of carbonyl (C=O) groups is 1. The van der Waals surface area contributed by atoms with Crippen LogP contribution < -0.4 is 0 Å². The van der Waals surface area contributed by atoms with Gasteiger partial charge in [0, 0.05) is 31.4 Å². The molecule has 1 aliphatic rings. The second-order valence-electron chi connectivity index (χ2n) is 9.07. The maximum Gasteiger partial charge on any atom is 0.225 e. The van der Waals surface area contributed by atoms with Gasteiger partial charge in [-0.25, -0.2) is 9.67 Å². The van der Waals surface area contributed by atoms with Crippen LogP contribution in [0.2, 0.25) is 0 Å². The molecule has 0 aliphatic carbocycles. The Labute approximate surface area is 190 Å². The minimum atomic E-state index is 0.158. The molecule has 1 saturated heterocycles. The molecule has 2 aromatic heterocycles. The van der Waals surface area contributed by atoms with E-state index in [1.807, 2.05) is 64.0 Å². The third-order valence-corrected chi connectivity index (χ3v) is 5.68. The van der Waals surface area contributed by atoms with Crippen molar-refractivity contribution in [1.82, 2.24) is 19.7 Å². The smallest absolute Gasteiger partial charge is 0.225 e. The predicted octanol–water partition coefficient (Wildman–Crippen LogP) is 6.26. The van der Waals surface area contributed by atoms with Gasteiger partial charge in [-0.15, -0.1) is 0 Å². The minimum absolute atomic E-state index is 0.158. The largest absolute Gasteiger partial charge is 0.342 e. The summed E-state index contributed by atoms with van der Waals surface area (Å²) in [4.78, 5) is 18.1. The summed E-state index contributed by atoms with van der Waals surface area (Å²) in [5.41, 5.74) is 2.26. The molecular formula is C26H44N4O. The molecule has 3 rings (SSSR count). The van der Waals surface area contributed by atoms with Gasteiger partial charge < -0.3 is 4.90 Å². The lowest BCUT2D eigenvalue weighted by molar-refractivity contribution is -0.136. The molecule has 0 saturated carbocycles. The van der Waals surface area contributed by atoms with Crippen LogP contribution in [-0.2, 0) is 4.79 Å². The molecule has 5 nitrogen and oxygen atoms in total. The molecule has 31 heavy (non-hydrogen) atoms. The highest BCUT2D eigenvalue weighted by Crippen LogP contribution is 2.25. The Bertz CT molecular complexity index is 754. The number of rotatable bonds is 4. The van der Waals surface area contributed by atoms with E-state index < -0.39 is 0 Å². The summed E-state index contributed by atoms with van der Waals surface area (Å²) in [6, 6.07) is 6.07. The van der Waals surface area contributed by atoms with Crippen LogP contribution in [0.15, 0.2) is 30.6 Å². The third-order valence-electron chi connectivity index (χ3n) is 5.68. The molecule has 0 unspecified atom stereocenters. The van der Waals surface area contributed by atoms with Gasteiger partial charge in [0.1, 0.15) is 0 Å². The van der Waals surface area contributed by atoms with Crippen molar-refractivity contribution in [2.45, 2.75) is 81.1 Å². The van der Waals surface area contributed by atoms with Crippen molar-refractivity contribution in [2.24, 2.45) is 17.8 Å². The molecule has 174 valence electrons. The lowest BCUT2D eigenvalue weighted by atomic mass is 9.86. The van der Waals surface area contributed by atoms with Gasteiger partial charge in [-0.3, -0.25) is 4.79 Å². The molecule has 0 aromatic carbocycles. The van der Waals surface area contributed by atoms with Crippen molar-refractivity contribution in [3.63, 3.8) is 0 Å². The van der Waals surface area contributed by atoms with E-state index in [0.29, 0.717) is 11.8 Å². The molecule has 1 fully saturated rings. The Kier molecular flexibility index (Phi) is 11.5. The monoisotopic (exact) mass is 428 g/mol. The molecule has 1 aliphatic heterocycles. The quantitative estimate of drug-likeness (QED) is 0.577. The van der Waals surface area contributed by atoms with Gasteiger partial charge in [0.25, 0.3) is 0 Å². The van der Waals surface area contributed by atoms with Crippen molar-refractivity contribution in [1.29, 1.82) is 0 Å². The average molecular weight is 429 g/mol. The number of aryl methyl sites for hydroxylation is 1. The van der Waals surface area contributed by atoms with E-state index >= 15 is 0 Å². The lowest BCUT2D eigenvalue weighted by Gasteiger charge is -2.34. The number of aromatic nitrogens is 3. The first-order chi connectivity index (χ1) is 14.7. The number of hydrogen-bond acceptors (Lipinski definition) is 3. The maximum absolute atomic E-state index is 11.7. The molecule has 0 bridgehead atoms. The molecule has 2 aromatic rings. The van der Waals surface area contributed by atoms with Gasteiger partial charge in [0.05, 0.1) is 5.69 Å². The molecule has 1 amide bonds. The van der Waals surface area contributed by atoms with E-state index in [2.05, 4.69) is 43.8 Å². The van der Waals surface area contributed by atoms with Crippen molar-refractivity contribution in [3.05, 3.63) is 41.9 Å². The van der Waals surface area contributed by atoms with Crippen LogP contribution in [-0.4, -0.2) is 38.7 Å². The molecule has 0 atom stereocenters. The molecule has 0 N–H and O–H groups in total. The first kappa shape index (κ1) is 26.9. The van der Waals surface area contributed by atoms with Crippen LogP contribution >= 0.6 is 0 Å². The van der Waals surface area contributed by atoms with E-state index in [9.17, 15) is 4.79 Å². The Morgan fingerprint density at radius 2 is 1.61 bits per heavy atom.